The van der Waals surface area contributed by atoms with E-state index in [-0.39, 0.29) is 0 Å². The third-order valence-corrected chi connectivity index (χ3v) is 15.7. The van der Waals surface area contributed by atoms with Gasteiger partial charge in [-0.1, -0.05) is 188 Å². The predicted molar refractivity (Wildman–Crippen MR) is 300 cm³/mol. The number of para-hydroxylation sites is 1. The molecule has 4 aromatic heterocycles. The summed E-state index contributed by atoms with van der Waals surface area (Å²) >= 11 is 1.76. The van der Waals surface area contributed by atoms with Crippen LogP contribution in [0.3, 0.4) is 0 Å². The van der Waals surface area contributed by atoms with Gasteiger partial charge in [0.25, 0.3) is 0 Å². The summed E-state index contributed by atoms with van der Waals surface area (Å²) in [5.41, 5.74) is 14.4. The van der Waals surface area contributed by atoms with Crippen molar-refractivity contribution in [2.45, 2.75) is 0 Å². The Morgan fingerprint density at radius 1 is 0.324 bits per heavy atom. The normalized spacial score (nSPS) is 11.9. The molecule has 0 saturated carbocycles. The van der Waals surface area contributed by atoms with Gasteiger partial charge in [-0.2, -0.15) is 0 Å². The molecule has 0 spiro atoms. The average Bonchev–Trinajstić information content (AvgIpc) is 4.13. The molecule has 4 nitrogen and oxygen atoms in total. The SMILES string of the molecule is c1ccc(-c2cc3nc(-n4c5ccc(-c6cccc7c6c6c8ccccc8ccc6n7-c6ccccc6)cc5c5cc6ccccc6cc54)nc(-c4ccc(-c5cccc6ccccc56)cc4)c3s2)cc1. The summed E-state index contributed by atoms with van der Waals surface area (Å²) in [6, 6.07) is 88.1. The van der Waals surface area contributed by atoms with Crippen LogP contribution in [0.5, 0.6) is 0 Å². The van der Waals surface area contributed by atoms with Crippen molar-refractivity contribution in [1.29, 1.82) is 0 Å². The fourth-order valence-electron chi connectivity index (χ4n) is 11.3. The first-order valence-corrected chi connectivity index (χ1v) is 25.0. The fourth-order valence-corrected chi connectivity index (χ4v) is 12.4. The second-order valence-corrected chi connectivity index (χ2v) is 19.6. The van der Waals surface area contributed by atoms with Crippen LogP contribution in [0.4, 0.5) is 0 Å². The second-order valence-electron chi connectivity index (χ2n) is 18.5. The zero-order chi connectivity index (χ0) is 46.6. The van der Waals surface area contributed by atoms with E-state index in [1.807, 2.05) is 0 Å². The highest BCUT2D eigenvalue weighted by molar-refractivity contribution is 7.22. The van der Waals surface area contributed by atoms with E-state index in [1.54, 1.807) is 11.3 Å². The van der Waals surface area contributed by atoms with Crippen molar-refractivity contribution in [3.63, 3.8) is 0 Å². The third kappa shape index (κ3) is 6.23. The monoisotopic (exact) mass is 920 g/mol. The van der Waals surface area contributed by atoms with Crippen molar-refractivity contribution in [1.82, 2.24) is 19.1 Å². The number of hydrogen-bond donors (Lipinski definition) is 0. The maximum Gasteiger partial charge on any atom is 0.235 e. The maximum atomic E-state index is 5.63. The number of nitrogens with zero attached hydrogens (tertiary/aromatic N) is 4. The number of fused-ring (bicyclic) bond motifs is 11. The lowest BCUT2D eigenvalue weighted by molar-refractivity contribution is 1.02. The first-order chi connectivity index (χ1) is 35.2. The van der Waals surface area contributed by atoms with Gasteiger partial charge >= 0.3 is 0 Å². The molecule has 0 radical (unpaired) electrons. The lowest BCUT2D eigenvalue weighted by Gasteiger charge is -2.12. The van der Waals surface area contributed by atoms with E-state index in [1.165, 1.54) is 76.4 Å². The molecule has 15 rings (SSSR count). The smallest absolute Gasteiger partial charge is 0.235 e. The molecule has 5 heteroatoms. The van der Waals surface area contributed by atoms with Crippen molar-refractivity contribution in [2.24, 2.45) is 0 Å². The Morgan fingerprint density at radius 3 is 1.75 bits per heavy atom. The Kier molecular flexibility index (Phi) is 8.79. The molecule has 0 aliphatic carbocycles. The summed E-state index contributed by atoms with van der Waals surface area (Å²) in [6.07, 6.45) is 0. The van der Waals surface area contributed by atoms with E-state index in [4.69, 9.17) is 9.97 Å². The molecular weight excluding hydrogens is 881 g/mol. The molecule has 4 heterocycles. The summed E-state index contributed by atoms with van der Waals surface area (Å²) in [7, 11) is 0. The first-order valence-electron chi connectivity index (χ1n) is 24.1. The van der Waals surface area contributed by atoms with Crippen LogP contribution in [0, 0.1) is 0 Å². The average molecular weight is 921 g/mol. The van der Waals surface area contributed by atoms with Crippen LogP contribution in [0.1, 0.15) is 0 Å². The number of thiophene rings is 1. The summed E-state index contributed by atoms with van der Waals surface area (Å²) < 4.78 is 5.78. The Morgan fingerprint density at radius 2 is 0.930 bits per heavy atom. The van der Waals surface area contributed by atoms with E-state index in [9.17, 15) is 0 Å². The highest BCUT2D eigenvalue weighted by atomic mass is 32.1. The van der Waals surface area contributed by atoms with E-state index in [0.717, 1.165) is 59.4 Å². The van der Waals surface area contributed by atoms with Crippen LogP contribution in [-0.2, 0) is 0 Å². The van der Waals surface area contributed by atoms with Crippen LogP contribution in [0.2, 0.25) is 0 Å². The van der Waals surface area contributed by atoms with Crippen LogP contribution in [-0.4, -0.2) is 19.1 Å². The van der Waals surface area contributed by atoms with Gasteiger partial charge in [0.2, 0.25) is 5.95 Å². The molecule has 0 N–H and O–H groups in total. The zero-order valence-corrected chi connectivity index (χ0v) is 39.1. The molecule has 0 atom stereocenters. The van der Waals surface area contributed by atoms with Gasteiger partial charge in [0.1, 0.15) is 0 Å². The van der Waals surface area contributed by atoms with Gasteiger partial charge in [-0.05, 0) is 115 Å². The van der Waals surface area contributed by atoms with Crippen LogP contribution < -0.4 is 0 Å². The van der Waals surface area contributed by atoms with Gasteiger partial charge in [0.15, 0.2) is 0 Å². The van der Waals surface area contributed by atoms with E-state index in [2.05, 4.69) is 252 Å². The van der Waals surface area contributed by atoms with Gasteiger partial charge < -0.3 is 4.57 Å². The Hall–Kier alpha value is -9.16. The minimum absolute atomic E-state index is 0.644. The Labute approximate surface area is 412 Å². The molecule has 71 heavy (non-hydrogen) atoms. The van der Waals surface area contributed by atoms with Crippen molar-refractivity contribution in [3.8, 4) is 55.6 Å². The predicted octanol–water partition coefficient (Wildman–Crippen LogP) is 18.0. The minimum Gasteiger partial charge on any atom is -0.309 e. The molecule has 15 aromatic rings. The summed E-state index contributed by atoms with van der Waals surface area (Å²) in [5, 5.41) is 12.1. The van der Waals surface area contributed by atoms with Crippen molar-refractivity contribution >= 4 is 97.5 Å². The fraction of sp³-hybridized carbons (Fsp3) is 0. The van der Waals surface area contributed by atoms with Crippen LogP contribution in [0.25, 0.3) is 142 Å². The largest absolute Gasteiger partial charge is 0.309 e. The molecule has 0 fully saturated rings. The molecule has 0 unspecified atom stereocenters. The third-order valence-electron chi connectivity index (χ3n) is 14.5. The zero-order valence-electron chi connectivity index (χ0n) is 38.3. The van der Waals surface area contributed by atoms with Crippen LogP contribution >= 0.6 is 11.3 Å². The molecule has 0 amide bonds. The standard InChI is InChI=1S/C66H40N4S/c1-3-17-44(18-4-1)61-40-56-65(71-61)64(45-31-29-43(30-32-45)51-26-13-21-41-15-9-11-24-50(41)51)68-66(67-56)70-57-35-34-48(38-54(57)55-37-46-19-7-8-20-47(46)39-60(55)70)53-27-14-28-58-63(53)62-52-25-12-10-16-42(52)33-36-59(62)69(58)49-22-5-2-6-23-49/h1-40H. The first kappa shape index (κ1) is 39.8. The van der Waals surface area contributed by atoms with Crippen LogP contribution in [0.15, 0.2) is 243 Å². The van der Waals surface area contributed by atoms with Gasteiger partial charge in [-0.3, -0.25) is 4.57 Å². The summed E-state index contributed by atoms with van der Waals surface area (Å²) in [5.74, 6) is 0.644. The number of benzene rings is 11. The molecule has 0 bridgehead atoms. The number of hydrogen-bond acceptors (Lipinski definition) is 3. The van der Waals surface area contributed by atoms with Gasteiger partial charge in [-0.15, -0.1) is 11.3 Å². The topological polar surface area (TPSA) is 35.6 Å². The van der Waals surface area contributed by atoms with Crippen molar-refractivity contribution in [3.05, 3.63) is 243 Å². The van der Waals surface area contributed by atoms with Crippen molar-refractivity contribution < 1.29 is 0 Å². The Bertz CT molecular complexity index is 4610. The maximum absolute atomic E-state index is 5.63. The summed E-state index contributed by atoms with van der Waals surface area (Å²) in [6.45, 7) is 0. The Balaban J connectivity index is 0.974. The number of rotatable bonds is 6. The van der Waals surface area contributed by atoms with E-state index >= 15 is 0 Å². The molecule has 11 aromatic carbocycles. The summed E-state index contributed by atoms with van der Waals surface area (Å²) in [4.78, 5) is 12.3. The van der Waals surface area contributed by atoms with E-state index in [0.29, 0.717) is 5.95 Å². The van der Waals surface area contributed by atoms with Gasteiger partial charge in [-0.25, -0.2) is 9.97 Å². The highest BCUT2D eigenvalue weighted by Gasteiger charge is 2.23. The highest BCUT2D eigenvalue weighted by Crippen LogP contribution is 2.45. The molecule has 0 aliphatic rings. The lowest BCUT2D eigenvalue weighted by Crippen LogP contribution is -2.02. The number of aromatic nitrogens is 4. The quantitative estimate of drug-likeness (QED) is 0.167. The van der Waals surface area contributed by atoms with Gasteiger partial charge in [0.05, 0.1) is 38.0 Å². The van der Waals surface area contributed by atoms with Crippen molar-refractivity contribution in [2.75, 3.05) is 0 Å². The minimum atomic E-state index is 0.644. The molecule has 0 saturated heterocycles. The van der Waals surface area contributed by atoms with Gasteiger partial charge in [0, 0.05) is 37.7 Å². The second kappa shape index (κ2) is 15.7. The lowest BCUT2D eigenvalue weighted by atomic mass is 9.95. The molecular formula is C66H40N4S. The van der Waals surface area contributed by atoms with E-state index < -0.39 is 0 Å². The molecule has 330 valence electrons. The molecule has 0 aliphatic heterocycles.